The topological polar surface area (TPSA) is 60.4 Å². The summed E-state index contributed by atoms with van der Waals surface area (Å²) in [5.74, 6) is 0.341. The molecule has 0 heterocycles. The summed E-state index contributed by atoms with van der Waals surface area (Å²) < 4.78 is 32.1. The van der Waals surface area contributed by atoms with Gasteiger partial charge in [-0.05, 0) is 58.1 Å². The van der Waals surface area contributed by atoms with Gasteiger partial charge >= 0.3 is 0 Å². The lowest BCUT2D eigenvalue weighted by molar-refractivity contribution is -0.123. The number of rotatable bonds is 4. The molecule has 4 nitrogen and oxygen atoms in total. The van der Waals surface area contributed by atoms with E-state index < -0.39 is 9.84 Å². The lowest BCUT2D eigenvalue weighted by atomic mass is 9.69. The monoisotopic (exact) mass is 390 g/mol. The van der Waals surface area contributed by atoms with Crippen molar-refractivity contribution in [3.8, 4) is 0 Å². The number of sulfone groups is 1. The number of carbonyl (C=O) groups excluding carboxylic acids is 1. The Bertz CT molecular complexity index is 831. The third-order valence-electron chi connectivity index (χ3n) is 5.61. The van der Waals surface area contributed by atoms with Crippen molar-refractivity contribution in [2.45, 2.75) is 70.0 Å². The summed E-state index contributed by atoms with van der Waals surface area (Å²) in [6.45, 7) is 8.34. The highest BCUT2D eigenvalue weighted by atomic mass is 32.2. The molecule has 0 aliphatic heterocycles. The van der Waals surface area contributed by atoms with Crippen molar-refractivity contribution in [1.29, 1.82) is 0 Å². The van der Waals surface area contributed by atoms with Gasteiger partial charge < -0.3 is 4.74 Å². The first-order valence-corrected chi connectivity index (χ1v) is 11.4. The number of ketones is 1. The highest BCUT2D eigenvalue weighted by Gasteiger charge is 2.42. The van der Waals surface area contributed by atoms with Crippen molar-refractivity contribution in [2.24, 2.45) is 11.8 Å². The molecule has 148 valence electrons. The van der Waals surface area contributed by atoms with Crippen molar-refractivity contribution in [1.82, 2.24) is 0 Å². The fraction of sp³-hybridized carbons (Fsp3) is 0.591. The minimum atomic E-state index is -3.53. The first-order chi connectivity index (χ1) is 12.6. The first kappa shape index (κ1) is 20.3. The molecule has 0 radical (unpaired) electrons. The smallest absolute Gasteiger partial charge is 0.182 e. The highest BCUT2D eigenvalue weighted by Crippen LogP contribution is 2.44. The predicted molar refractivity (Wildman–Crippen MR) is 106 cm³/mol. The van der Waals surface area contributed by atoms with E-state index >= 15 is 0 Å². The Morgan fingerprint density at radius 1 is 1.07 bits per heavy atom. The summed E-state index contributed by atoms with van der Waals surface area (Å²) in [5, 5.41) is 0. The number of fused-ring (bicyclic) bond motifs is 1. The van der Waals surface area contributed by atoms with Crippen LogP contribution in [0, 0.1) is 11.8 Å². The van der Waals surface area contributed by atoms with E-state index in [0.29, 0.717) is 17.9 Å². The fourth-order valence-electron chi connectivity index (χ4n) is 4.34. The van der Waals surface area contributed by atoms with Crippen molar-refractivity contribution in [3.05, 3.63) is 41.5 Å². The maximum absolute atomic E-state index is 12.9. The molecule has 1 fully saturated rings. The van der Waals surface area contributed by atoms with Gasteiger partial charge in [0.1, 0.15) is 0 Å². The summed E-state index contributed by atoms with van der Waals surface area (Å²) in [7, 11) is -3.53. The number of hydrogen-bond acceptors (Lipinski definition) is 4. The van der Waals surface area contributed by atoms with E-state index in [9.17, 15) is 13.2 Å². The van der Waals surface area contributed by atoms with Gasteiger partial charge in [-0.3, -0.25) is 4.79 Å². The Labute approximate surface area is 162 Å². The van der Waals surface area contributed by atoms with E-state index in [4.69, 9.17) is 4.74 Å². The van der Waals surface area contributed by atoms with Crippen molar-refractivity contribution >= 4 is 15.6 Å². The molecular formula is C22H30O4S. The van der Waals surface area contributed by atoms with Gasteiger partial charge in [-0.1, -0.05) is 30.7 Å². The van der Waals surface area contributed by atoms with Crippen LogP contribution in [0.25, 0.3) is 0 Å². The van der Waals surface area contributed by atoms with E-state index in [1.54, 1.807) is 30.3 Å². The van der Waals surface area contributed by atoms with E-state index in [1.165, 1.54) is 0 Å². The summed E-state index contributed by atoms with van der Waals surface area (Å²) in [5.41, 5.74) is 1.28. The van der Waals surface area contributed by atoms with Gasteiger partial charge in [0.15, 0.2) is 15.6 Å². The molecule has 27 heavy (non-hydrogen) atoms. The first-order valence-electron chi connectivity index (χ1n) is 9.79. The minimum Gasteiger partial charge on any atom is -0.372 e. The van der Waals surface area contributed by atoms with Crippen molar-refractivity contribution in [3.63, 3.8) is 0 Å². The van der Waals surface area contributed by atoms with Crippen LogP contribution in [0.2, 0.25) is 0 Å². The van der Waals surface area contributed by atoms with Gasteiger partial charge in [0, 0.05) is 17.9 Å². The summed E-state index contributed by atoms with van der Waals surface area (Å²) in [6.07, 6.45) is 2.92. The molecule has 0 N–H and O–H groups in total. The maximum Gasteiger partial charge on any atom is 0.182 e. The van der Waals surface area contributed by atoms with Crippen molar-refractivity contribution < 1.29 is 17.9 Å². The number of hydrogen-bond donors (Lipinski definition) is 0. The molecule has 1 saturated carbocycles. The molecule has 0 spiro atoms. The standard InChI is InChI=1S/C22H30O4S/c1-15-10-11-17-18(21(15)26-22(2,3)4)12-13-20(23)19(17)14-27(24,25)16-8-6-5-7-9-16/h5-9,15,18,21H,10-14H2,1-4H3/t15?,18?,21-/m1/s1. The van der Waals surface area contributed by atoms with Crippen LogP contribution >= 0.6 is 0 Å². The van der Waals surface area contributed by atoms with E-state index in [1.807, 2.05) is 20.8 Å². The van der Waals surface area contributed by atoms with Crippen LogP contribution in [0.4, 0.5) is 0 Å². The zero-order chi connectivity index (χ0) is 19.8. The number of Topliss-reactive ketones (excluding diaryl/α,β-unsaturated/α-hetero) is 1. The molecule has 1 aromatic carbocycles. The zero-order valence-electron chi connectivity index (χ0n) is 16.7. The summed E-state index contributed by atoms with van der Waals surface area (Å²) in [4.78, 5) is 12.9. The fourth-order valence-corrected chi connectivity index (χ4v) is 5.80. The molecule has 2 unspecified atom stereocenters. The Hall–Kier alpha value is -1.46. The van der Waals surface area contributed by atoms with Crippen LogP contribution in [0.3, 0.4) is 0 Å². The van der Waals surface area contributed by atoms with Gasteiger partial charge in [-0.15, -0.1) is 0 Å². The second-order valence-electron chi connectivity index (χ2n) is 8.86. The molecule has 0 amide bonds. The Balaban J connectivity index is 1.96. The minimum absolute atomic E-state index is 0.00943. The number of ether oxygens (including phenoxy) is 1. The third kappa shape index (κ3) is 4.52. The lowest BCUT2D eigenvalue weighted by Gasteiger charge is -2.44. The number of benzene rings is 1. The molecule has 1 aromatic rings. The van der Waals surface area contributed by atoms with Gasteiger partial charge in [-0.2, -0.15) is 0 Å². The summed E-state index contributed by atoms with van der Waals surface area (Å²) >= 11 is 0. The molecule has 3 atom stereocenters. The second kappa shape index (κ2) is 7.51. The van der Waals surface area contributed by atoms with Gasteiger partial charge in [0.25, 0.3) is 0 Å². The average molecular weight is 391 g/mol. The average Bonchev–Trinajstić information content (AvgIpc) is 2.59. The Morgan fingerprint density at radius 3 is 2.37 bits per heavy atom. The second-order valence-corrected chi connectivity index (χ2v) is 10.8. The third-order valence-corrected chi connectivity index (χ3v) is 7.27. The SMILES string of the molecule is CC1CCC2=C(CS(=O)(=O)c3ccccc3)C(=O)CCC2[C@@H]1OC(C)(C)C. The van der Waals surface area contributed by atoms with Crippen LogP contribution in [0.5, 0.6) is 0 Å². The Morgan fingerprint density at radius 2 is 1.74 bits per heavy atom. The molecular weight excluding hydrogens is 360 g/mol. The van der Waals surface area contributed by atoms with Crippen molar-refractivity contribution in [2.75, 3.05) is 5.75 Å². The van der Waals surface area contributed by atoms with Crippen LogP contribution in [0.1, 0.15) is 53.4 Å². The maximum atomic E-state index is 12.9. The van der Waals surface area contributed by atoms with Crippen LogP contribution in [0.15, 0.2) is 46.4 Å². The Kier molecular flexibility index (Phi) is 5.64. The molecule has 2 aliphatic carbocycles. The molecule has 0 bridgehead atoms. The van der Waals surface area contributed by atoms with E-state index in [0.717, 1.165) is 24.8 Å². The largest absolute Gasteiger partial charge is 0.372 e. The summed E-state index contributed by atoms with van der Waals surface area (Å²) in [6, 6.07) is 8.41. The van der Waals surface area contributed by atoms with E-state index in [2.05, 4.69) is 6.92 Å². The lowest BCUT2D eigenvalue weighted by Crippen LogP contribution is -2.43. The highest BCUT2D eigenvalue weighted by molar-refractivity contribution is 7.91. The zero-order valence-corrected chi connectivity index (χ0v) is 17.5. The van der Waals surface area contributed by atoms with Gasteiger partial charge in [0.05, 0.1) is 22.4 Å². The molecule has 2 aliphatic rings. The number of carbonyl (C=O) groups is 1. The van der Waals surface area contributed by atoms with Gasteiger partial charge in [0.2, 0.25) is 0 Å². The van der Waals surface area contributed by atoms with E-state index in [-0.39, 0.29) is 34.1 Å². The normalized spacial score (nSPS) is 26.8. The van der Waals surface area contributed by atoms with Crippen LogP contribution < -0.4 is 0 Å². The van der Waals surface area contributed by atoms with Crippen LogP contribution in [-0.4, -0.2) is 31.7 Å². The molecule has 0 aromatic heterocycles. The van der Waals surface area contributed by atoms with Gasteiger partial charge in [-0.25, -0.2) is 8.42 Å². The van der Waals surface area contributed by atoms with Crippen LogP contribution in [-0.2, 0) is 19.4 Å². The molecule has 3 rings (SSSR count). The molecule has 5 heteroatoms. The molecule has 0 saturated heterocycles. The quantitative estimate of drug-likeness (QED) is 0.767. The predicted octanol–water partition coefficient (Wildman–Crippen LogP) is 4.35.